The van der Waals surface area contributed by atoms with Gasteiger partial charge < -0.3 is 10.8 Å². The fourth-order valence-electron chi connectivity index (χ4n) is 0.851. The molecule has 0 spiro atoms. The largest absolute Gasteiger partial charge is 0.481 e. The number of aromatic nitrogens is 2. The number of nitrogens with two attached hydrogens (primary N) is 1. The molecule has 6 heteroatoms. The zero-order valence-electron chi connectivity index (χ0n) is 6.52. The van der Waals surface area contributed by atoms with Crippen LogP contribution in [0.2, 0.25) is 0 Å². The van der Waals surface area contributed by atoms with Crippen LogP contribution in [0.5, 0.6) is 0 Å². The summed E-state index contributed by atoms with van der Waals surface area (Å²) in [6.45, 7) is 0. The van der Waals surface area contributed by atoms with Crippen LogP contribution in [0.4, 0.5) is 5.82 Å². The van der Waals surface area contributed by atoms with Crippen LogP contribution < -0.4 is 5.73 Å². The Labute approximate surface area is 75.6 Å². The summed E-state index contributed by atoms with van der Waals surface area (Å²) in [5.41, 5.74) is 5.94. The van der Waals surface area contributed by atoms with Crippen LogP contribution in [-0.4, -0.2) is 20.9 Å². The first-order valence-electron chi connectivity index (χ1n) is 3.10. The van der Waals surface area contributed by atoms with Gasteiger partial charge in [-0.25, -0.2) is 0 Å². The van der Waals surface area contributed by atoms with E-state index in [2.05, 4.69) is 5.10 Å². The van der Waals surface area contributed by atoms with Gasteiger partial charge in [0.05, 0.1) is 12.1 Å². The minimum Gasteiger partial charge on any atom is -0.481 e. The van der Waals surface area contributed by atoms with E-state index in [1.807, 2.05) is 0 Å². The smallest absolute Gasteiger partial charge is 0.309 e. The molecule has 0 atom stereocenters. The topological polar surface area (TPSA) is 81.1 Å². The maximum atomic E-state index is 10.2. The average molecular weight is 192 g/mol. The molecule has 3 N–H and O–H groups in total. The Hall–Kier alpha value is -1.23. The van der Waals surface area contributed by atoms with Gasteiger partial charge in [0.2, 0.25) is 0 Å². The van der Waals surface area contributed by atoms with Crippen molar-refractivity contribution in [2.24, 2.45) is 7.05 Å². The molecular formula is C6H10ClN3O2. The van der Waals surface area contributed by atoms with Crippen LogP contribution in [0.15, 0.2) is 6.07 Å². The SMILES string of the molecule is Cl.Cn1nc(N)cc1CC(=O)O. The summed E-state index contributed by atoms with van der Waals surface area (Å²) >= 11 is 0. The molecule has 0 aromatic carbocycles. The van der Waals surface area contributed by atoms with Gasteiger partial charge in [-0.15, -0.1) is 12.4 Å². The van der Waals surface area contributed by atoms with Gasteiger partial charge in [0.15, 0.2) is 0 Å². The highest BCUT2D eigenvalue weighted by atomic mass is 35.5. The summed E-state index contributed by atoms with van der Waals surface area (Å²) in [6, 6.07) is 1.55. The Bertz CT molecular complexity index is 284. The fraction of sp³-hybridized carbons (Fsp3) is 0.333. The van der Waals surface area contributed by atoms with Crippen LogP contribution in [-0.2, 0) is 18.3 Å². The first-order chi connectivity index (χ1) is 5.09. The molecule has 0 fully saturated rings. The number of halogens is 1. The molecule has 0 saturated heterocycles. The molecule has 0 radical (unpaired) electrons. The Kier molecular flexibility index (Phi) is 3.56. The van der Waals surface area contributed by atoms with E-state index in [9.17, 15) is 4.79 Å². The Morgan fingerprint density at radius 1 is 1.83 bits per heavy atom. The van der Waals surface area contributed by atoms with E-state index in [0.717, 1.165) is 0 Å². The van der Waals surface area contributed by atoms with Crippen LogP contribution in [0.3, 0.4) is 0 Å². The van der Waals surface area contributed by atoms with Crippen molar-refractivity contribution in [2.45, 2.75) is 6.42 Å². The van der Waals surface area contributed by atoms with E-state index < -0.39 is 5.97 Å². The summed E-state index contributed by atoms with van der Waals surface area (Å²) in [5, 5.41) is 12.2. The number of nitrogens with zero attached hydrogens (tertiary/aromatic N) is 2. The van der Waals surface area contributed by atoms with Crippen molar-refractivity contribution in [1.82, 2.24) is 9.78 Å². The number of carbonyl (C=O) groups is 1. The number of rotatable bonds is 2. The molecule has 68 valence electrons. The van der Waals surface area contributed by atoms with Crippen molar-refractivity contribution < 1.29 is 9.90 Å². The van der Waals surface area contributed by atoms with Crippen LogP contribution in [0.25, 0.3) is 0 Å². The monoisotopic (exact) mass is 191 g/mol. The summed E-state index contributed by atoms with van der Waals surface area (Å²) in [5.74, 6) is -0.531. The first kappa shape index (κ1) is 10.8. The van der Waals surface area contributed by atoms with Gasteiger partial charge in [-0.1, -0.05) is 0 Å². The minimum absolute atomic E-state index is 0. The highest BCUT2D eigenvalue weighted by molar-refractivity contribution is 5.85. The van der Waals surface area contributed by atoms with Crippen LogP contribution >= 0.6 is 12.4 Å². The zero-order chi connectivity index (χ0) is 8.43. The standard InChI is InChI=1S/C6H9N3O2.ClH/c1-9-4(3-6(10)11)2-5(7)8-9;/h2H,3H2,1H3,(H2,7,8)(H,10,11);1H. The van der Waals surface area contributed by atoms with Gasteiger partial charge >= 0.3 is 5.97 Å². The zero-order valence-corrected chi connectivity index (χ0v) is 7.34. The third kappa shape index (κ3) is 2.43. The average Bonchev–Trinajstić information content (AvgIpc) is 2.09. The number of carboxylic acids is 1. The quantitative estimate of drug-likeness (QED) is 0.692. The molecule has 12 heavy (non-hydrogen) atoms. The highest BCUT2D eigenvalue weighted by Crippen LogP contribution is 2.04. The lowest BCUT2D eigenvalue weighted by Crippen LogP contribution is -2.05. The predicted octanol–water partition coefficient (Wildman–Crippen LogP) is 0.0512. The minimum atomic E-state index is -0.881. The van der Waals surface area contributed by atoms with Gasteiger partial charge in [-0.2, -0.15) is 5.10 Å². The molecule has 1 heterocycles. The van der Waals surface area contributed by atoms with Crippen LogP contribution in [0.1, 0.15) is 5.69 Å². The second kappa shape index (κ2) is 3.96. The lowest BCUT2D eigenvalue weighted by atomic mass is 10.3. The number of nitrogen functional groups attached to an aromatic ring is 1. The van der Waals surface area contributed by atoms with E-state index in [1.165, 1.54) is 4.68 Å². The second-order valence-corrected chi connectivity index (χ2v) is 2.25. The second-order valence-electron chi connectivity index (χ2n) is 2.25. The third-order valence-corrected chi connectivity index (χ3v) is 1.33. The highest BCUT2D eigenvalue weighted by Gasteiger charge is 2.05. The Balaban J connectivity index is 0.00000121. The normalized spacial score (nSPS) is 9.08. The van der Waals surface area contributed by atoms with Crippen molar-refractivity contribution in [3.05, 3.63) is 11.8 Å². The van der Waals surface area contributed by atoms with E-state index in [1.54, 1.807) is 13.1 Å². The maximum Gasteiger partial charge on any atom is 0.309 e. The van der Waals surface area contributed by atoms with Crippen molar-refractivity contribution in [3.8, 4) is 0 Å². The van der Waals surface area contributed by atoms with E-state index in [-0.39, 0.29) is 18.8 Å². The lowest BCUT2D eigenvalue weighted by molar-refractivity contribution is -0.136. The summed E-state index contributed by atoms with van der Waals surface area (Å²) in [7, 11) is 1.66. The molecule has 0 bridgehead atoms. The fourth-order valence-corrected chi connectivity index (χ4v) is 0.851. The molecule has 0 amide bonds. The first-order valence-corrected chi connectivity index (χ1v) is 3.10. The van der Waals surface area contributed by atoms with E-state index in [0.29, 0.717) is 11.5 Å². The third-order valence-electron chi connectivity index (χ3n) is 1.33. The molecule has 0 aliphatic carbocycles. The van der Waals surface area contributed by atoms with Gasteiger partial charge in [0.1, 0.15) is 5.82 Å². The van der Waals surface area contributed by atoms with E-state index >= 15 is 0 Å². The number of aliphatic carboxylic acids is 1. The van der Waals surface area contributed by atoms with Gasteiger partial charge in [-0.3, -0.25) is 9.48 Å². The van der Waals surface area contributed by atoms with Gasteiger partial charge in [-0.05, 0) is 0 Å². The van der Waals surface area contributed by atoms with Gasteiger partial charge in [0.25, 0.3) is 0 Å². The number of anilines is 1. The van der Waals surface area contributed by atoms with Crippen molar-refractivity contribution in [3.63, 3.8) is 0 Å². The molecule has 0 unspecified atom stereocenters. The van der Waals surface area contributed by atoms with E-state index in [4.69, 9.17) is 10.8 Å². The molecule has 0 aliphatic rings. The van der Waals surface area contributed by atoms with Crippen molar-refractivity contribution in [2.75, 3.05) is 5.73 Å². The number of hydrogen-bond donors (Lipinski definition) is 2. The predicted molar refractivity (Wildman–Crippen MR) is 46.2 cm³/mol. The molecule has 5 nitrogen and oxygen atoms in total. The summed E-state index contributed by atoms with van der Waals surface area (Å²) in [4.78, 5) is 10.2. The van der Waals surface area contributed by atoms with Gasteiger partial charge in [0, 0.05) is 13.1 Å². The molecule has 0 saturated carbocycles. The van der Waals surface area contributed by atoms with Crippen LogP contribution in [0, 0.1) is 0 Å². The Morgan fingerprint density at radius 3 is 2.75 bits per heavy atom. The lowest BCUT2D eigenvalue weighted by Gasteiger charge is -1.94. The number of aryl methyl sites for hydroxylation is 1. The summed E-state index contributed by atoms with van der Waals surface area (Å²) < 4.78 is 1.46. The number of carboxylic acid groups (broad SMARTS) is 1. The maximum absolute atomic E-state index is 10.2. The molecule has 1 aromatic heterocycles. The molecule has 0 aliphatic heterocycles. The molecule has 1 aromatic rings. The molecular weight excluding hydrogens is 182 g/mol. The molecule has 1 rings (SSSR count). The number of hydrogen-bond acceptors (Lipinski definition) is 3. The summed E-state index contributed by atoms with van der Waals surface area (Å²) in [6.07, 6.45) is -0.0410. The van der Waals surface area contributed by atoms with Crippen molar-refractivity contribution >= 4 is 24.2 Å². The Morgan fingerprint density at radius 2 is 2.42 bits per heavy atom. The van der Waals surface area contributed by atoms with Crippen molar-refractivity contribution in [1.29, 1.82) is 0 Å².